The van der Waals surface area contributed by atoms with Gasteiger partial charge in [0.05, 0.1) is 5.78 Å². The molecule has 0 aliphatic carbocycles. The molecule has 3 fully saturated rings. The molecule has 0 spiro atoms. The first-order valence-electron chi connectivity index (χ1n) is 24.8. The van der Waals surface area contributed by atoms with Gasteiger partial charge in [-0.25, -0.2) is 4.79 Å². The molecule has 3 heterocycles. The summed E-state index contributed by atoms with van der Waals surface area (Å²) in [5, 5.41) is 7.25. The second-order valence-corrected chi connectivity index (χ2v) is 23.1. The number of rotatable bonds is 18. The molecular formula is C55H62N2O18P2. The third kappa shape index (κ3) is 15.2. The Morgan fingerprint density at radius 3 is 1.27 bits per heavy atom. The van der Waals surface area contributed by atoms with Crippen LogP contribution >= 0.6 is 15.8 Å². The van der Waals surface area contributed by atoms with E-state index in [0.717, 1.165) is 69.7 Å². The van der Waals surface area contributed by atoms with Crippen LogP contribution in [0.4, 0.5) is 4.79 Å². The summed E-state index contributed by atoms with van der Waals surface area (Å²) in [6, 6.07) is 39.6. The predicted octanol–water partition coefficient (Wildman–Crippen LogP) is 3.98. The van der Waals surface area contributed by atoms with Gasteiger partial charge in [0, 0.05) is 60.7 Å². The lowest BCUT2D eigenvalue weighted by molar-refractivity contribution is -0.345. The summed E-state index contributed by atoms with van der Waals surface area (Å²) < 4.78 is 58.8. The smallest absolute Gasteiger partial charge is 0.320 e. The molecule has 3 saturated heterocycles. The van der Waals surface area contributed by atoms with E-state index in [4.69, 9.17) is 47.4 Å². The van der Waals surface area contributed by atoms with Crippen molar-refractivity contribution in [3.8, 4) is 0 Å². The number of benzene rings is 4. The zero-order valence-electron chi connectivity index (χ0n) is 43.5. The van der Waals surface area contributed by atoms with Crippen LogP contribution in [0.5, 0.6) is 0 Å². The highest BCUT2D eigenvalue weighted by Gasteiger charge is 2.58. The monoisotopic (exact) mass is 1100 g/mol. The normalized spacial score (nSPS) is 25.9. The summed E-state index contributed by atoms with van der Waals surface area (Å²) in [6.45, 7) is 6.56. The molecule has 4 aromatic rings. The fourth-order valence-corrected chi connectivity index (χ4v) is 15.7. The fraction of sp³-hybridized carbons (Fsp3) is 0.418. The van der Waals surface area contributed by atoms with Crippen LogP contribution in [-0.4, -0.2) is 145 Å². The van der Waals surface area contributed by atoms with E-state index < -0.39 is 144 Å². The highest BCUT2D eigenvalue weighted by atomic mass is 31.1. The largest absolute Gasteiger partial charge is 0.463 e. The lowest BCUT2D eigenvalue weighted by Crippen LogP contribution is -2.69. The van der Waals surface area contributed by atoms with Gasteiger partial charge in [-0.1, -0.05) is 121 Å². The second kappa shape index (κ2) is 27.0. The molecule has 20 nitrogen and oxygen atoms in total. The summed E-state index contributed by atoms with van der Waals surface area (Å²) in [5.74, 6) is -6.52. The fourth-order valence-electron chi connectivity index (χ4n) is 9.70. The summed E-state index contributed by atoms with van der Waals surface area (Å²) in [6.07, 6.45) is -16.1. The average Bonchev–Trinajstić information content (AvgIpc) is 3.81. The maximum Gasteiger partial charge on any atom is 0.320 e. The van der Waals surface area contributed by atoms with Crippen molar-refractivity contribution in [1.29, 1.82) is 0 Å². The van der Waals surface area contributed by atoms with Crippen molar-refractivity contribution < 1.29 is 85.7 Å². The molecule has 0 bridgehead atoms. The molecule has 3 aliphatic heterocycles. The summed E-state index contributed by atoms with van der Waals surface area (Å²) in [7, 11) is -2.37. The Labute approximate surface area is 448 Å². The third-order valence-corrected chi connectivity index (χ3v) is 18.1. The first kappa shape index (κ1) is 57.9. The first-order valence-corrected chi connectivity index (χ1v) is 27.7. The molecule has 0 aromatic heterocycles. The molecular weight excluding hydrogens is 1040 g/mol. The number of ether oxygens (including phenoxy) is 10. The lowest BCUT2D eigenvalue weighted by atomic mass is 9.95. The van der Waals surface area contributed by atoms with Gasteiger partial charge in [-0.3, -0.25) is 33.6 Å². The summed E-state index contributed by atoms with van der Waals surface area (Å²) >= 11 is 0. The van der Waals surface area contributed by atoms with Crippen LogP contribution in [0.1, 0.15) is 54.9 Å². The Hall–Kier alpha value is -6.82. The number of urea groups is 1. The van der Waals surface area contributed by atoms with Crippen molar-refractivity contribution >= 4 is 84.9 Å². The molecule has 2 amide bonds. The van der Waals surface area contributed by atoms with E-state index in [1.165, 1.54) is 0 Å². The molecule has 77 heavy (non-hydrogen) atoms. The van der Waals surface area contributed by atoms with Crippen molar-refractivity contribution in [2.24, 2.45) is 0 Å². The second-order valence-electron chi connectivity index (χ2n) is 18.3. The number of likely N-dealkylation sites (tertiary alicyclic amines) is 1. The standard InChI is InChI=1S/C55H62N2O18P2/c1-32(58)66-30-44-48(75-54-52(72-38(7)64)50(70-36(5)62)47(68-34(3)60)45(74-54)31-67-33(2)59)49(69-35(4)61)51(71-37(6)63)53(73-44)56-55(65)57-29-43(76(39-20-12-8-13-21-39)40-22-14-9-15-23-40)28-46(57)77(41-24-16-10-17-25-41)42-26-18-11-19-27-42/h8-27,43-54H,28-31H2,1-7H3,(H,56,65)/t43?,44-,45-,46?,47+,48-,49+,50+,51-,52-,53-,54+/m1/s1. The van der Waals surface area contributed by atoms with Crippen LogP contribution in [0.3, 0.4) is 0 Å². The summed E-state index contributed by atoms with van der Waals surface area (Å²) in [4.78, 5) is 107. The van der Waals surface area contributed by atoms with Crippen molar-refractivity contribution in [2.45, 2.75) is 128 Å². The SMILES string of the molecule is CC(=O)OC[C@H]1O[C@@H](O[C@H]2[C@H](OC(C)=O)[C@@H](OC(C)=O)[C@H](NC(=O)N3CC(P(c4ccccc4)c4ccccc4)CC3P(c3ccccc3)c3ccccc3)O[C@@H]2COC(C)=O)[C@H](OC(C)=O)[C@@H](OC(C)=O)[C@H]1OC(C)=O. The zero-order chi connectivity index (χ0) is 55.3. The van der Waals surface area contributed by atoms with Gasteiger partial charge in [0.25, 0.3) is 0 Å². The van der Waals surface area contributed by atoms with Crippen molar-refractivity contribution in [3.63, 3.8) is 0 Å². The van der Waals surface area contributed by atoms with Crippen LogP contribution in [0.2, 0.25) is 0 Å². The van der Waals surface area contributed by atoms with Crippen LogP contribution in [0.15, 0.2) is 121 Å². The van der Waals surface area contributed by atoms with E-state index in [1.54, 1.807) is 4.90 Å². The number of carbonyl (C=O) groups is 8. The Bertz CT molecular complexity index is 2610. The number of carbonyl (C=O) groups excluding carboxylic acids is 8. The first-order chi connectivity index (χ1) is 36.9. The Balaban J connectivity index is 1.31. The molecule has 0 radical (unpaired) electrons. The number of esters is 7. The van der Waals surface area contributed by atoms with E-state index in [1.807, 2.05) is 72.8 Å². The summed E-state index contributed by atoms with van der Waals surface area (Å²) in [5.41, 5.74) is -0.0793. The van der Waals surface area contributed by atoms with Crippen LogP contribution in [-0.2, 0) is 80.9 Å². The average molecular weight is 1100 g/mol. The van der Waals surface area contributed by atoms with Gasteiger partial charge < -0.3 is 57.6 Å². The maximum atomic E-state index is 15.6. The highest BCUT2D eigenvalue weighted by molar-refractivity contribution is 7.74. The number of nitrogens with one attached hydrogen (secondary N) is 1. The highest BCUT2D eigenvalue weighted by Crippen LogP contribution is 2.53. The van der Waals surface area contributed by atoms with E-state index in [0.29, 0.717) is 6.42 Å². The zero-order valence-corrected chi connectivity index (χ0v) is 45.3. The molecule has 4 aromatic carbocycles. The maximum absolute atomic E-state index is 15.6. The van der Waals surface area contributed by atoms with Gasteiger partial charge in [-0.15, -0.1) is 0 Å². The van der Waals surface area contributed by atoms with Crippen molar-refractivity contribution in [2.75, 3.05) is 19.8 Å². The van der Waals surface area contributed by atoms with Gasteiger partial charge in [-0.05, 0) is 43.5 Å². The molecule has 1 N–H and O–H groups in total. The van der Waals surface area contributed by atoms with Gasteiger partial charge in [0.2, 0.25) is 0 Å². The minimum atomic E-state index is -1.88. The van der Waals surface area contributed by atoms with Crippen molar-refractivity contribution in [1.82, 2.24) is 10.2 Å². The van der Waals surface area contributed by atoms with Crippen LogP contribution in [0.25, 0.3) is 0 Å². The molecule has 2 unspecified atom stereocenters. The molecule has 0 saturated carbocycles. The van der Waals surface area contributed by atoms with Crippen LogP contribution in [0, 0.1) is 0 Å². The molecule has 22 heteroatoms. The third-order valence-electron chi connectivity index (χ3n) is 12.5. The van der Waals surface area contributed by atoms with E-state index in [9.17, 15) is 33.6 Å². The van der Waals surface area contributed by atoms with E-state index >= 15 is 4.79 Å². The minimum absolute atomic E-state index is 0.0793. The minimum Gasteiger partial charge on any atom is -0.463 e. The van der Waals surface area contributed by atoms with Crippen molar-refractivity contribution in [3.05, 3.63) is 121 Å². The van der Waals surface area contributed by atoms with Gasteiger partial charge in [0.15, 0.2) is 43.0 Å². The van der Waals surface area contributed by atoms with Gasteiger partial charge >= 0.3 is 47.8 Å². The number of nitrogens with zero attached hydrogens (tertiary/aromatic N) is 1. The Kier molecular flexibility index (Phi) is 20.3. The Morgan fingerprint density at radius 1 is 0.468 bits per heavy atom. The lowest BCUT2D eigenvalue weighted by Gasteiger charge is -2.49. The number of amides is 2. The topological polar surface area (TPSA) is 244 Å². The molecule has 7 rings (SSSR count). The predicted molar refractivity (Wildman–Crippen MR) is 279 cm³/mol. The van der Waals surface area contributed by atoms with E-state index in [2.05, 4.69) is 53.8 Å². The molecule has 3 aliphatic rings. The van der Waals surface area contributed by atoms with Gasteiger partial charge in [-0.2, -0.15) is 0 Å². The van der Waals surface area contributed by atoms with Crippen LogP contribution < -0.4 is 26.5 Å². The number of hydrogen-bond acceptors (Lipinski definition) is 18. The molecule has 410 valence electrons. The van der Waals surface area contributed by atoms with E-state index in [-0.39, 0.29) is 12.2 Å². The quantitative estimate of drug-likeness (QED) is 0.0841. The van der Waals surface area contributed by atoms with Gasteiger partial charge in [0.1, 0.15) is 31.5 Å². The molecule has 12 atom stereocenters. The Morgan fingerprint density at radius 2 is 0.844 bits per heavy atom. The number of hydrogen-bond donors (Lipinski definition) is 1.